The number of carbonyl (C=O) groups is 2. The van der Waals surface area contributed by atoms with Crippen molar-refractivity contribution in [3.63, 3.8) is 0 Å². The van der Waals surface area contributed by atoms with Gasteiger partial charge in [0.1, 0.15) is 5.60 Å². The molecule has 23 heavy (non-hydrogen) atoms. The van der Waals surface area contributed by atoms with Crippen molar-refractivity contribution in [1.29, 1.82) is 0 Å². The number of aromatic nitrogens is 2. The predicted molar refractivity (Wildman–Crippen MR) is 86.7 cm³/mol. The molecule has 0 aromatic carbocycles. The van der Waals surface area contributed by atoms with Crippen molar-refractivity contribution in [2.24, 2.45) is 0 Å². The number of carboxylic acid groups (broad SMARTS) is 1. The molecule has 1 N–H and O–H groups in total. The fourth-order valence-corrected chi connectivity index (χ4v) is 2.44. The highest BCUT2D eigenvalue weighted by atomic mass is 79.9. The first-order chi connectivity index (χ1) is 10.7. The summed E-state index contributed by atoms with van der Waals surface area (Å²) in [5.41, 5.74) is -0.607. The molecule has 2 heterocycles. The first kappa shape index (κ1) is 17.5. The molecule has 0 spiro atoms. The van der Waals surface area contributed by atoms with Crippen LogP contribution in [0.3, 0.4) is 0 Å². The lowest BCUT2D eigenvalue weighted by Gasteiger charge is -2.35. The molecule has 1 saturated heterocycles. The van der Waals surface area contributed by atoms with Crippen LogP contribution in [0.4, 0.5) is 10.7 Å². The molecule has 1 aliphatic heterocycles. The van der Waals surface area contributed by atoms with Gasteiger partial charge in [-0.3, -0.25) is 0 Å². The third-order valence-corrected chi connectivity index (χ3v) is 3.73. The van der Waals surface area contributed by atoms with Gasteiger partial charge in [0.25, 0.3) is 0 Å². The Morgan fingerprint density at radius 1 is 1.26 bits per heavy atom. The summed E-state index contributed by atoms with van der Waals surface area (Å²) >= 11 is 3.12. The Hall–Kier alpha value is -1.90. The maximum absolute atomic E-state index is 12.0. The van der Waals surface area contributed by atoms with E-state index in [4.69, 9.17) is 9.84 Å². The van der Waals surface area contributed by atoms with Crippen molar-refractivity contribution in [2.45, 2.75) is 26.4 Å². The normalized spacial score (nSPS) is 15.5. The van der Waals surface area contributed by atoms with Gasteiger partial charge in [-0.25, -0.2) is 19.6 Å². The topological polar surface area (TPSA) is 95.9 Å². The number of carbonyl (C=O) groups excluding carboxylic acids is 1. The van der Waals surface area contributed by atoms with Crippen molar-refractivity contribution in [3.8, 4) is 0 Å². The second-order valence-electron chi connectivity index (χ2n) is 6.13. The van der Waals surface area contributed by atoms with E-state index in [9.17, 15) is 9.59 Å². The molecule has 1 aromatic heterocycles. The zero-order valence-electron chi connectivity index (χ0n) is 13.2. The molecule has 1 amide bonds. The average Bonchev–Trinajstić information content (AvgIpc) is 2.46. The van der Waals surface area contributed by atoms with E-state index < -0.39 is 11.6 Å². The van der Waals surface area contributed by atoms with Crippen molar-refractivity contribution < 1.29 is 19.4 Å². The number of aromatic carboxylic acids is 1. The number of hydrogen-bond donors (Lipinski definition) is 1. The highest BCUT2D eigenvalue weighted by Gasteiger charge is 2.27. The summed E-state index contributed by atoms with van der Waals surface area (Å²) in [4.78, 5) is 34.8. The van der Waals surface area contributed by atoms with E-state index >= 15 is 0 Å². The molecule has 9 heteroatoms. The van der Waals surface area contributed by atoms with Crippen LogP contribution in [0.5, 0.6) is 0 Å². The lowest BCUT2D eigenvalue weighted by Crippen LogP contribution is -2.50. The van der Waals surface area contributed by atoms with Crippen molar-refractivity contribution >= 4 is 33.9 Å². The van der Waals surface area contributed by atoms with Crippen LogP contribution in [0, 0.1) is 0 Å². The van der Waals surface area contributed by atoms with E-state index in [0.717, 1.165) is 0 Å². The van der Waals surface area contributed by atoms with Crippen LogP contribution in [0.25, 0.3) is 0 Å². The van der Waals surface area contributed by atoms with Crippen LogP contribution in [0.15, 0.2) is 10.7 Å². The van der Waals surface area contributed by atoms with Gasteiger partial charge in [-0.05, 0) is 36.7 Å². The first-order valence-electron chi connectivity index (χ1n) is 7.16. The number of carboxylic acids is 1. The summed E-state index contributed by atoms with van der Waals surface area (Å²) in [5, 5.41) is 9.10. The van der Waals surface area contributed by atoms with E-state index in [1.54, 1.807) is 4.90 Å². The molecule has 2 rings (SSSR count). The van der Waals surface area contributed by atoms with E-state index in [1.165, 1.54) is 6.20 Å². The lowest BCUT2D eigenvalue weighted by atomic mass is 10.2. The Morgan fingerprint density at radius 2 is 1.87 bits per heavy atom. The highest BCUT2D eigenvalue weighted by molar-refractivity contribution is 9.10. The Kier molecular flexibility index (Phi) is 5.08. The Morgan fingerprint density at radius 3 is 2.39 bits per heavy atom. The van der Waals surface area contributed by atoms with Crippen molar-refractivity contribution in [2.75, 3.05) is 31.1 Å². The van der Waals surface area contributed by atoms with Gasteiger partial charge in [0.15, 0.2) is 5.69 Å². The monoisotopic (exact) mass is 386 g/mol. The van der Waals surface area contributed by atoms with Gasteiger partial charge in [0.2, 0.25) is 5.95 Å². The molecular weight excluding hydrogens is 368 g/mol. The number of anilines is 1. The third kappa shape index (κ3) is 4.54. The van der Waals surface area contributed by atoms with Crippen LogP contribution in [-0.4, -0.2) is 63.8 Å². The standard InChI is InChI=1S/C14H19BrN4O4/c1-14(2,3)23-13(22)19-6-4-18(5-7-19)12-16-8-9(15)10(17-12)11(20)21/h8H,4-7H2,1-3H3,(H,20,21). The molecule has 0 unspecified atom stereocenters. The SMILES string of the molecule is CC(C)(C)OC(=O)N1CCN(c2ncc(Br)c(C(=O)O)n2)CC1. The number of nitrogens with zero attached hydrogens (tertiary/aromatic N) is 4. The summed E-state index contributed by atoms with van der Waals surface area (Å²) in [6, 6.07) is 0. The minimum Gasteiger partial charge on any atom is -0.476 e. The number of hydrogen-bond acceptors (Lipinski definition) is 6. The number of halogens is 1. The minimum atomic E-state index is -1.12. The lowest BCUT2D eigenvalue weighted by molar-refractivity contribution is 0.0240. The molecule has 1 fully saturated rings. The van der Waals surface area contributed by atoms with Gasteiger partial charge >= 0.3 is 12.1 Å². The minimum absolute atomic E-state index is 0.0791. The second kappa shape index (κ2) is 6.69. The van der Waals surface area contributed by atoms with Crippen LogP contribution >= 0.6 is 15.9 Å². The van der Waals surface area contributed by atoms with Crippen molar-refractivity contribution in [3.05, 3.63) is 16.4 Å². The highest BCUT2D eigenvalue weighted by Crippen LogP contribution is 2.19. The molecule has 0 atom stereocenters. The Balaban J connectivity index is 2.01. The smallest absolute Gasteiger partial charge is 0.410 e. The number of rotatable bonds is 2. The number of piperazine rings is 1. The van der Waals surface area contributed by atoms with Crippen LogP contribution in [0.1, 0.15) is 31.3 Å². The maximum Gasteiger partial charge on any atom is 0.410 e. The fraction of sp³-hybridized carbons (Fsp3) is 0.571. The van der Waals surface area contributed by atoms with Crippen LogP contribution < -0.4 is 4.90 Å². The molecular formula is C14H19BrN4O4. The van der Waals surface area contributed by atoms with Gasteiger partial charge in [-0.2, -0.15) is 0 Å². The number of amides is 1. The van der Waals surface area contributed by atoms with Gasteiger partial charge in [-0.1, -0.05) is 0 Å². The Labute approximate surface area is 142 Å². The quantitative estimate of drug-likeness (QED) is 0.829. The van der Waals surface area contributed by atoms with Crippen LogP contribution in [0.2, 0.25) is 0 Å². The van der Waals surface area contributed by atoms with E-state index in [0.29, 0.717) is 36.6 Å². The summed E-state index contributed by atoms with van der Waals surface area (Å²) in [6.07, 6.45) is 1.08. The molecule has 0 bridgehead atoms. The van der Waals surface area contributed by atoms with E-state index in [-0.39, 0.29) is 11.8 Å². The molecule has 0 aliphatic carbocycles. The largest absolute Gasteiger partial charge is 0.476 e. The average molecular weight is 387 g/mol. The van der Waals surface area contributed by atoms with Crippen LogP contribution in [-0.2, 0) is 4.74 Å². The third-order valence-electron chi connectivity index (χ3n) is 3.15. The van der Waals surface area contributed by atoms with Gasteiger partial charge < -0.3 is 19.6 Å². The summed E-state index contributed by atoms with van der Waals surface area (Å²) in [5.74, 6) is -0.776. The maximum atomic E-state index is 12.0. The fourth-order valence-electron chi connectivity index (χ4n) is 2.08. The molecule has 0 radical (unpaired) electrons. The van der Waals surface area contributed by atoms with E-state index in [2.05, 4.69) is 25.9 Å². The molecule has 8 nitrogen and oxygen atoms in total. The van der Waals surface area contributed by atoms with Gasteiger partial charge in [0.05, 0.1) is 4.47 Å². The van der Waals surface area contributed by atoms with E-state index in [1.807, 2.05) is 25.7 Å². The molecule has 1 aliphatic rings. The predicted octanol–water partition coefficient (Wildman–Crippen LogP) is 1.99. The first-order valence-corrected chi connectivity index (χ1v) is 7.95. The molecule has 126 valence electrons. The summed E-state index contributed by atoms with van der Waals surface area (Å²) < 4.78 is 5.67. The summed E-state index contributed by atoms with van der Waals surface area (Å²) in [6.45, 7) is 7.44. The van der Waals surface area contributed by atoms with Crippen molar-refractivity contribution in [1.82, 2.24) is 14.9 Å². The van der Waals surface area contributed by atoms with Gasteiger partial charge in [-0.15, -0.1) is 0 Å². The molecule has 0 saturated carbocycles. The number of ether oxygens (including phenoxy) is 1. The Bertz CT molecular complexity index is 609. The second-order valence-corrected chi connectivity index (χ2v) is 6.98. The summed E-state index contributed by atoms with van der Waals surface area (Å²) in [7, 11) is 0. The zero-order valence-corrected chi connectivity index (χ0v) is 14.8. The van der Waals surface area contributed by atoms with Gasteiger partial charge in [0, 0.05) is 32.4 Å². The molecule has 1 aromatic rings. The zero-order chi connectivity index (χ0) is 17.2.